The van der Waals surface area contributed by atoms with Gasteiger partial charge in [-0.1, -0.05) is 0 Å². The van der Waals surface area contributed by atoms with Gasteiger partial charge in [-0.2, -0.15) is 4.31 Å². The molecule has 0 unspecified atom stereocenters. The molecule has 1 N–H and O–H groups in total. The molecular weight excluding hydrogens is 379 g/mol. The Morgan fingerprint density at radius 1 is 1.37 bits per heavy atom. The monoisotopic (exact) mass is 394 g/mol. The number of hydrogen-bond donors (Lipinski definition) is 1. The van der Waals surface area contributed by atoms with Crippen LogP contribution < -0.4 is 5.32 Å². The van der Waals surface area contributed by atoms with Crippen molar-refractivity contribution in [3.05, 3.63) is 27.8 Å². The van der Waals surface area contributed by atoms with Gasteiger partial charge in [-0.25, -0.2) is 8.42 Å². The highest BCUT2D eigenvalue weighted by Crippen LogP contribution is 2.22. The van der Waals surface area contributed by atoms with Crippen LogP contribution in [0.3, 0.4) is 0 Å². The first-order chi connectivity index (χ1) is 8.88. The van der Waals surface area contributed by atoms with Crippen LogP contribution in [0.1, 0.15) is 12.8 Å². The minimum absolute atomic E-state index is 0.260. The summed E-state index contributed by atoms with van der Waals surface area (Å²) in [6, 6.07) is 6.80. The Labute approximate surface area is 126 Å². The number of carbonyl (C=O) groups excluding carboxylic acids is 1. The van der Waals surface area contributed by atoms with Gasteiger partial charge in [-0.15, -0.1) is 0 Å². The van der Waals surface area contributed by atoms with Crippen molar-refractivity contribution in [1.29, 1.82) is 0 Å². The van der Waals surface area contributed by atoms with Crippen LogP contribution in [0, 0.1) is 3.57 Å². The van der Waals surface area contributed by atoms with Crippen LogP contribution >= 0.6 is 22.6 Å². The van der Waals surface area contributed by atoms with Gasteiger partial charge < -0.3 is 5.32 Å². The van der Waals surface area contributed by atoms with Crippen molar-refractivity contribution in [2.45, 2.75) is 18.9 Å². The maximum Gasteiger partial charge on any atom is 0.242 e. The van der Waals surface area contributed by atoms with Crippen molar-refractivity contribution >= 4 is 44.2 Å². The normalized spacial score (nSPS) is 20.4. The lowest BCUT2D eigenvalue weighted by Gasteiger charge is -2.21. The Kier molecular flexibility index (Phi) is 4.46. The molecule has 104 valence electrons. The van der Waals surface area contributed by atoms with E-state index in [0.717, 1.165) is 16.2 Å². The van der Waals surface area contributed by atoms with E-state index in [1.165, 1.54) is 4.31 Å². The third kappa shape index (κ3) is 3.67. The number of carbonyl (C=O) groups is 1. The maximum absolute atomic E-state index is 12.1. The smallest absolute Gasteiger partial charge is 0.242 e. The number of sulfonamides is 1. The van der Waals surface area contributed by atoms with Crippen LogP contribution in [0.2, 0.25) is 0 Å². The van der Waals surface area contributed by atoms with Crippen molar-refractivity contribution in [2.24, 2.45) is 0 Å². The number of rotatable bonds is 3. The molecule has 2 rings (SSSR count). The Balaban J connectivity index is 2.09. The maximum atomic E-state index is 12.1. The molecule has 7 heteroatoms. The number of hydrogen-bond acceptors (Lipinski definition) is 3. The molecular formula is C12H15IN2O3S. The molecule has 1 atom stereocenters. The number of anilines is 1. The van der Waals surface area contributed by atoms with Gasteiger partial charge in [0, 0.05) is 15.8 Å². The molecule has 0 bridgehead atoms. The lowest BCUT2D eigenvalue weighted by Crippen LogP contribution is -2.42. The third-order valence-corrected chi connectivity index (χ3v) is 5.05. The standard InChI is InChI=1S/C12H15IN2O3S/c1-19(17,18)15-8-2-3-11(15)12(16)14-10-6-4-9(13)5-7-10/h4-7,11H,2-3,8H2,1H3,(H,14,16)/t11-/m0/s1. The minimum atomic E-state index is -3.32. The summed E-state index contributed by atoms with van der Waals surface area (Å²) in [5, 5.41) is 2.76. The summed E-state index contributed by atoms with van der Waals surface area (Å²) in [5.41, 5.74) is 0.686. The number of nitrogens with one attached hydrogen (secondary N) is 1. The summed E-state index contributed by atoms with van der Waals surface area (Å²) in [4.78, 5) is 12.1. The highest BCUT2D eigenvalue weighted by molar-refractivity contribution is 14.1. The molecule has 1 fully saturated rings. The molecule has 1 heterocycles. The zero-order chi connectivity index (χ0) is 14.0. The second-order valence-electron chi connectivity index (χ2n) is 4.53. The zero-order valence-corrected chi connectivity index (χ0v) is 13.4. The molecule has 1 aromatic carbocycles. The van der Waals surface area contributed by atoms with Gasteiger partial charge in [0.15, 0.2) is 0 Å². The fourth-order valence-corrected chi connectivity index (χ4v) is 3.64. The number of nitrogens with zero attached hydrogens (tertiary/aromatic N) is 1. The molecule has 0 saturated carbocycles. The number of amides is 1. The molecule has 1 saturated heterocycles. The fraction of sp³-hybridized carbons (Fsp3) is 0.417. The van der Waals surface area contributed by atoms with Gasteiger partial charge in [0.25, 0.3) is 0 Å². The van der Waals surface area contributed by atoms with Crippen LogP contribution in [0.5, 0.6) is 0 Å². The van der Waals surface area contributed by atoms with Crippen molar-refractivity contribution in [3.8, 4) is 0 Å². The molecule has 0 aliphatic carbocycles. The molecule has 1 aliphatic heterocycles. The molecule has 1 aromatic rings. The van der Waals surface area contributed by atoms with Gasteiger partial charge in [0.2, 0.25) is 15.9 Å². The van der Waals surface area contributed by atoms with Gasteiger partial charge in [-0.05, 0) is 59.7 Å². The minimum Gasteiger partial charge on any atom is -0.325 e. The molecule has 1 amide bonds. The van der Waals surface area contributed by atoms with Gasteiger partial charge >= 0.3 is 0 Å². The molecule has 0 spiro atoms. The Bertz CT molecular complexity index is 571. The summed E-state index contributed by atoms with van der Waals surface area (Å²) in [7, 11) is -3.32. The second kappa shape index (κ2) is 5.76. The highest BCUT2D eigenvalue weighted by atomic mass is 127. The van der Waals surface area contributed by atoms with E-state index in [4.69, 9.17) is 0 Å². The number of benzene rings is 1. The van der Waals surface area contributed by atoms with Crippen LogP contribution in [-0.4, -0.2) is 37.5 Å². The molecule has 0 aromatic heterocycles. The van der Waals surface area contributed by atoms with Crippen molar-refractivity contribution in [3.63, 3.8) is 0 Å². The highest BCUT2D eigenvalue weighted by Gasteiger charge is 2.36. The van der Waals surface area contributed by atoms with E-state index in [1.54, 1.807) is 12.1 Å². The first kappa shape index (κ1) is 14.7. The van der Waals surface area contributed by atoms with Gasteiger partial charge in [-0.3, -0.25) is 4.79 Å². The molecule has 5 nitrogen and oxygen atoms in total. The number of halogens is 1. The Morgan fingerprint density at radius 2 is 2.00 bits per heavy atom. The average Bonchev–Trinajstić information content (AvgIpc) is 2.81. The summed E-state index contributed by atoms with van der Waals surface area (Å²) in [6.07, 6.45) is 2.44. The predicted molar refractivity (Wildman–Crippen MR) is 82.4 cm³/mol. The van der Waals surface area contributed by atoms with Crippen LogP contribution in [0.15, 0.2) is 24.3 Å². The first-order valence-electron chi connectivity index (χ1n) is 5.91. The lowest BCUT2D eigenvalue weighted by molar-refractivity contribution is -0.119. The topological polar surface area (TPSA) is 66.5 Å². The zero-order valence-electron chi connectivity index (χ0n) is 10.5. The van der Waals surface area contributed by atoms with E-state index >= 15 is 0 Å². The lowest BCUT2D eigenvalue weighted by atomic mass is 10.2. The molecule has 19 heavy (non-hydrogen) atoms. The summed E-state index contributed by atoms with van der Waals surface area (Å²) in [5.74, 6) is -0.260. The van der Waals surface area contributed by atoms with Crippen molar-refractivity contribution in [1.82, 2.24) is 4.31 Å². The van der Waals surface area contributed by atoms with Crippen LogP contribution in [0.25, 0.3) is 0 Å². The first-order valence-corrected chi connectivity index (χ1v) is 8.84. The van der Waals surface area contributed by atoms with E-state index in [0.29, 0.717) is 18.7 Å². The predicted octanol–water partition coefficient (Wildman–Crippen LogP) is 1.65. The van der Waals surface area contributed by atoms with Crippen molar-refractivity contribution < 1.29 is 13.2 Å². The third-order valence-electron chi connectivity index (χ3n) is 3.04. The Hall–Kier alpha value is -0.670. The summed E-state index contributed by atoms with van der Waals surface area (Å²) < 4.78 is 25.5. The summed E-state index contributed by atoms with van der Waals surface area (Å²) >= 11 is 2.18. The Morgan fingerprint density at radius 3 is 2.58 bits per heavy atom. The second-order valence-corrected chi connectivity index (χ2v) is 7.71. The van der Waals surface area contributed by atoms with Crippen LogP contribution in [-0.2, 0) is 14.8 Å². The molecule has 0 radical (unpaired) electrons. The van der Waals surface area contributed by atoms with Gasteiger partial charge in [0.1, 0.15) is 6.04 Å². The van der Waals surface area contributed by atoms with E-state index in [1.807, 2.05) is 12.1 Å². The largest absolute Gasteiger partial charge is 0.325 e. The van der Waals surface area contributed by atoms with Gasteiger partial charge in [0.05, 0.1) is 6.26 Å². The van der Waals surface area contributed by atoms with E-state index in [2.05, 4.69) is 27.9 Å². The fourth-order valence-electron chi connectivity index (χ4n) is 2.16. The summed E-state index contributed by atoms with van der Waals surface area (Å²) in [6.45, 7) is 0.420. The molecule has 1 aliphatic rings. The average molecular weight is 394 g/mol. The van der Waals surface area contributed by atoms with E-state index in [9.17, 15) is 13.2 Å². The van der Waals surface area contributed by atoms with E-state index in [-0.39, 0.29) is 5.91 Å². The van der Waals surface area contributed by atoms with E-state index < -0.39 is 16.1 Å². The quantitative estimate of drug-likeness (QED) is 0.794. The SMILES string of the molecule is CS(=O)(=O)N1CCC[C@H]1C(=O)Nc1ccc(I)cc1. The van der Waals surface area contributed by atoms with Crippen LogP contribution in [0.4, 0.5) is 5.69 Å². The van der Waals surface area contributed by atoms with Crippen molar-refractivity contribution in [2.75, 3.05) is 18.1 Å².